The third-order valence-electron chi connectivity index (χ3n) is 7.89. The summed E-state index contributed by atoms with van der Waals surface area (Å²) in [5, 5.41) is 3.85. The van der Waals surface area contributed by atoms with Gasteiger partial charge in [0.15, 0.2) is 0 Å². The Morgan fingerprint density at radius 3 is 2.17 bits per heavy atom. The second kappa shape index (κ2) is 13.9. The minimum Gasteiger partial charge on any atom is -0.352 e. The number of carbonyl (C=O) groups is 2. The normalized spacial score (nSPS) is 14.4. The number of nitrogens with one attached hydrogen (secondary N) is 1. The molecule has 0 saturated heterocycles. The molecule has 1 N–H and O–H groups in total. The lowest BCUT2D eigenvalue weighted by Gasteiger charge is -2.34. The van der Waals surface area contributed by atoms with Crippen LogP contribution in [0.4, 0.5) is 5.69 Å². The van der Waals surface area contributed by atoms with E-state index in [1.54, 1.807) is 30.3 Å². The highest BCUT2D eigenvalue weighted by atomic mass is 35.5. The standard InChI is InChI=1S/C32H37Cl2N3O4S/c1-22-11-9-18-29(23(22)2)37(42(3,40)41)21-31(38)36(20-26-27(33)16-10-17-28(26)34)30(19-24-12-5-4-6-13-24)32(39)35-25-14-7-8-15-25/h4-6,9-13,16-18,25,30H,7-8,14-15,19-21H2,1-3H3,(H,35,39). The molecule has 0 spiro atoms. The van der Waals surface area contributed by atoms with Gasteiger partial charge in [0.05, 0.1) is 11.9 Å². The first-order valence-corrected chi connectivity index (χ1v) is 16.7. The van der Waals surface area contributed by atoms with Crippen LogP contribution >= 0.6 is 23.2 Å². The van der Waals surface area contributed by atoms with Gasteiger partial charge >= 0.3 is 0 Å². The summed E-state index contributed by atoms with van der Waals surface area (Å²) >= 11 is 13.1. The van der Waals surface area contributed by atoms with Crippen LogP contribution in [0.1, 0.15) is 47.9 Å². The van der Waals surface area contributed by atoms with Gasteiger partial charge in [0, 0.05) is 34.6 Å². The molecule has 4 rings (SSSR count). The van der Waals surface area contributed by atoms with Crippen LogP contribution in [0.2, 0.25) is 10.0 Å². The van der Waals surface area contributed by atoms with E-state index in [0.717, 1.165) is 52.9 Å². The van der Waals surface area contributed by atoms with E-state index >= 15 is 0 Å². The van der Waals surface area contributed by atoms with Gasteiger partial charge in [-0.25, -0.2) is 8.42 Å². The molecular formula is C32H37Cl2N3O4S. The van der Waals surface area contributed by atoms with Crippen molar-refractivity contribution in [3.05, 3.63) is 99.0 Å². The summed E-state index contributed by atoms with van der Waals surface area (Å²) in [5.41, 5.74) is 3.40. The third-order valence-corrected chi connectivity index (χ3v) is 9.72. The Kier molecular flexibility index (Phi) is 10.6. The SMILES string of the molecule is Cc1cccc(N(CC(=O)N(Cc2c(Cl)cccc2Cl)C(Cc2ccccc2)C(=O)NC2CCCC2)S(C)(=O)=O)c1C. The highest BCUT2D eigenvalue weighted by Gasteiger charge is 2.35. The zero-order chi connectivity index (χ0) is 30.4. The zero-order valence-corrected chi connectivity index (χ0v) is 26.5. The van der Waals surface area contributed by atoms with Crippen molar-refractivity contribution in [2.45, 2.75) is 64.6 Å². The highest BCUT2D eigenvalue weighted by Crippen LogP contribution is 2.29. The molecule has 1 aliphatic carbocycles. The van der Waals surface area contributed by atoms with Crippen LogP contribution < -0.4 is 9.62 Å². The molecule has 0 radical (unpaired) electrons. The second-order valence-corrected chi connectivity index (χ2v) is 13.6. The number of aryl methyl sites for hydroxylation is 1. The van der Waals surface area contributed by atoms with Gasteiger partial charge in [-0.15, -0.1) is 0 Å². The van der Waals surface area contributed by atoms with Crippen LogP contribution in [-0.4, -0.2) is 50.0 Å². The van der Waals surface area contributed by atoms with Crippen molar-refractivity contribution in [1.29, 1.82) is 0 Å². The largest absolute Gasteiger partial charge is 0.352 e. The predicted octanol–water partition coefficient (Wildman–Crippen LogP) is 6.08. The molecule has 1 fully saturated rings. The highest BCUT2D eigenvalue weighted by molar-refractivity contribution is 7.92. The van der Waals surface area contributed by atoms with Crippen molar-refractivity contribution < 1.29 is 18.0 Å². The maximum Gasteiger partial charge on any atom is 0.244 e. The molecule has 0 heterocycles. The number of anilines is 1. The molecule has 3 aromatic carbocycles. The summed E-state index contributed by atoms with van der Waals surface area (Å²) in [4.78, 5) is 29.7. The fraction of sp³-hybridized carbons (Fsp3) is 0.375. The summed E-state index contributed by atoms with van der Waals surface area (Å²) in [7, 11) is -3.87. The Morgan fingerprint density at radius 1 is 0.929 bits per heavy atom. The minimum absolute atomic E-state index is 0.0269. The topological polar surface area (TPSA) is 86.8 Å². The monoisotopic (exact) mass is 629 g/mol. The van der Waals surface area contributed by atoms with E-state index in [2.05, 4.69) is 5.32 Å². The first-order chi connectivity index (χ1) is 20.0. The van der Waals surface area contributed by atoms with Crippen LogP contribution in [0.25, 0.3) is 0 Å². The number of amides is 2. The molecule has 10 heteroatoms. The summed E-state index contributed by atoms with van der Waals surface area (Å²) < 4.78 is 27.3. The maximum absolute atomic E-state index is 14.3. The van der Waals surface area contributed by atoms with E-state index in [0.29, 0.717) is 21.3 Å². The van der Waals surface area contributed by atoms with Gasteiger partial charge in [0.2, 0.25) is 21.8 Å². The number of hydrogen-bond acceptors (Lipinski definition) is 4. The Balaban J connectivity index is 1.78. The second-order valence-electron chi connectivity index (χ2n) is 10.9. The van der Waals surface area contributed by atoms with Crippen LogP contribution in [0.5, 0.6) is 0 Å². The fourth-order valence-corrected chi connectivity index (χ4v) is 6.79. The van der Waals surface area contributed by atoms with Crippen LogP contribution in [0.15, 0.2) is 66.7 Å². The molecule has 3 aromatic rings. The number of benzene rings is 3. The zero-order valence-electron chi connectivity index (χ0n) is 24.1. The average molecular weight is 631 g/mol. The fourth-order valence-electron chi connectivity index (χ4n) is 5.38. The Morgan fingerprint density at radius 2 is 1.55 bits per heavy atom. The number of hydrogen-bond donors (Lipinski definition) is 1. The molecule has 2 amide bonds. The van der Waals surface area contributed by atoms with Crippen molar-refractivity contribution >= 4 is 50.7 Å². The van der Waals surface area contributed by atoms with Crippen LogP contribution in [0, 0.1) is 13.8 Å². The molecule has 1 atom stereocenters. The summed E-state index contributed by atoms with van der Waals surface area (Å²) in [5.74, 6) is -0.834. The van der Waals surface area contributed by atoms with E-state index in [1.807, 2.05) is 50.2 Å². The van der Waals surface area contributed by atoms with Gasteiger partial charge in [-0.3, -0.25) is 13.9 Å². The van der Waals surface area contributed by atoms with Crippen molar-refractivity contribution in [2.24, 2.45) is 0 Å². The van der Waals surface area contributed by atoms with E-state index < -0.39 is 28.5 Å². The molecule has 224 valence electrons. The Bertz CT molecular complexity index is 1510. The van der Waals surface area contributed by atoms with Crippen LogP contribution in [-0.2, 0) is 32.6 Å². The first kappa shape index (κ1) is 31.9. The summed E-state index contributed by atoms with van der Waals surface area (Å²) in [6.07, 6.45) is 5.13. The lowest BCUT2D eigenvalue weighted by atomic mass is 10.0. The number of carbonyl (C=O) groups excluding carboxylic acids is 2. The molecule has 42 heavy (non-hydrogen) atoms. The Labute approximate surface area is 258 Å². The van der Waals surface area contributed by atoms with Crippen molar-refractivity contribution in [1.82, 2.24) is 10.2 Å². The lowest BCUT2D eigenvalue weighted by molar-refractivity contribution is -0.140. The quantitative estimate of drug-likeness (QED) is 0.279. The molecule has 1 aliphatic rings. The first-order valence-electron chi connectivity index (χ1n) is 14.1. The van der Waals surface area contributed by atoms with Gasteiger partial charge < -0.3 is 10.2 Å². The molecule has 0 aromatic heterocycles. The van der Waals surface area contributed by atoms with Gasteiger partial charge in [-0.1, -0.05) is 84.6 Å². The average Bonchev–Trinajstić information content (AvgIpc) is 3.45. The third kappa shape index (κ3) is 7.85. The van der Waals surface area contributed by atoms with Crippen molar-refractivity contribution in [3.8, 4) is 0 Å². The number of nitrogens with zero attached hydrogens (tertiary/aromatic N) is 2. The number of halogens is 2. The summed E-state index contributed by atoms with van der Waals surface area (Å²) in [6, 6.07) is 18.9. The number of rotatable bonds is 11. The predicted molar refractivity (Wildman–Crippen MR) is 169 cm³/mol. The molecule has 7 nitrogen and oxygen atoms in total. The maximum atomic E-state index is 14.3. The number of sulfonamides is 1. The van der Waals surface area contributed by atoms with Crippen molar-refractivity contribution in [3.63, 3.8) is 0 Å². The summed E-state index contributed by atoms with van der Waals surface area (Å²) in [6.45, 7) is 3.14. The lowest BCUT2D eigenvalue weighted by Crippen LogP contribution is -2.54. The van der Waals surface area contributed by atoms with Gasteiger partial charge in [-0.2, -0.15) is 0 Å². The van der Waals surface area contributed by atoms with Gasteiger partial charge in [0.1, 0.15) is 12.6 Å². The smallest absolute Gasteiger partial charge is 0.244 e. The Hall–Kier alpha value is -3.07. The molecule has 1 unspecified atom stereocenters. The van der Waals surface area contributed by atoms with Crippen LogP contribution in [0.3, 0.4) is 0 Å². The van der Waals surface area contributed by atoms with E-state index in [-0.39, 0.29) is 24.9 Å². The molecule has 0 aliphatic heterocycles. The van der Waals surface area contributed by atoms with E-state index in [1.165, 1.54) is 4.90 Å². The van der Waals surface area contributed by atoms with E-state index in [9.17, 15) is 18.0 Å². The minimum atomic E-state index is -3.87. The molecule has 1 saturated carbocycles. The molecular weight excluding hydrogens is 593 g/mol. The van der Waals surface area contributed by atoms with Gasteiger partial charge in [0.25, 0.3) is 0 Å². The molecule has 0 bridgehead atoms. The van der Waals surface area contributed by atoms with Crippen molar-refractivity contribution in [2.75, 3.05) is 17.1 Å². The van der Waals surface area contributed by atoms with Gasteiger partial charge in [-0.05, 0) is 61.6 Å². The van der Waals surface area contributed by atoms with E-state index in [4.69, 9.17) is 23.2 Å².